The van der Waals surface area contributed by atoms with Gasteiger partial charge >= 0.3 is 18.2 Å². The molecular weight excluding hydrogens is 456 g/mol. The van der Waals surface area contributed by atoms with Crippen molar-refractivity contribution < 1.29 is 29.1 Å². The Morgan fingerprint density at radius 1 is 0.611 bits per heavy atom. The zero-order valence-corrected chi connectivity index (χ0v) is 22.2. The highest BCUT2D eigenvalue weighted by Crippen LogP contribution is 2.21. The first kappa shape index (κ1) is 29.5. The number of hydrogen-bond donors (Lipinski definition) is 0. The maximum absolute atomic E-state index is 12.5. The molecule has 2 radical (unpaired) electrons. The highest BCUT2D eigenvalue weighted by molar-refractivity contribution is 5.91. The third-order valence-corrected chi connectivity index (χ3v) is 6.01. The van der Waals surface area contributed by atoms with Gasteiger partial charge in [-0.1, -0.05) is 93.7 Å². The molecule has 0 saturated heterocycles. The quantitative estimate of drug-likeness (QED) is 0.133. The largest absolute Gasteiger partial charge is 0.373 e. The van der Waals surface area contributed by atoms with Crippen molar-refractivity contribution in [2.75, 3.05) is 0 Å². The van der Waals surface area contributed by atoms with Crippen LogP contribution in [0.15, 0.2) is 36.4 Å². The molecule has 0 aliphatic carbocycles. The Labute approximate surface area is 216 Å². The topological polar surface area (TPSA) is 71.1 Å². The van der Waals surface area contributed by atoms with Crippen LogP contribution in [-0.4, -0.2) is 11.9 Å². The number of aryl methyl sites for hydroxylation is 4. The second-order valence-electron chi connectivity index (χ2n) is 9.35. The normalized spacial score (nSPS) is 11.1. The summed E-state index contributed by atoms with van der Waals surface area (Å²) >= 11 is 0. The van der Waals surface area contributed by atoms with Crippen LogP contribution in [0.3, 0.4) is 0 Å². The molecule has 6 heteroatoms. The lowest BCUT2D eigenvalue weighted by Gasteiger charge is -2.14. The van der Waals surface area contributed by atoms with E-state index in [1.54, 1.807) is 12.1 Å². The summed E-state index contributed by atoms with van der Waals surface area (Å²) in [5.41, 5.74) is 4.43. The zero-order chi connectivity index (χ0) is 26.3. The molecule has 6 nitrogen and oxygen atoms in total. The van der Waals surface area contributed by atoms with E-state index >= 15 is 0 Å². The van der Waals surface area contributed by atoms with Crippen molar-refractivity contribution in [3.05, 3.63) is 83.0 Å². The molecule has 0 heterocycles. The van der Waals surface area contributed by atoms with Crippen LogP contribution in [-0.2, 0) is 19.6 Å². The number of unbranched alkanes of at least 4 members (excludes halogenated alkanes) is 8. The molecule has 0 fully saturated rings. The van der Waals surface area contributed by atoms with Gasteiger partial charge in [0.05, 0.1) is 11.1 Å². The number of rotatable bonds is 16. The Bertz CT molecular complexity index is 900. The van der Waals surface area contributed by atoms with E-state index in [9.17, 15) is 9.59 Å². The molecule has 0 aliphatic heterocycles. The van der Waals surface area contributed by atoms with Gasteiger partial charge in [-0.15, -0.1) is 9.78 Å². The zero-order valence-electron chi connectivity index (χ0n) is 22.2. The van der Waals surface area contributed by atoms with Crippen molar-refractivity contribution in [3.63, 3.8) is 0 Å². The Hall–Kier alpha value is -2.70. The van der Waals surface area contributed by atoms with Gasteiger partial charge in [-0.2, -0.15) is 0 Å². The summed E-state index contributed by atoms with van der Waals surface area (Å²) in [5, 5.41) is 0. The minimum atomic E-state index is -0.642. The van der Waals surface area contributed by atoms with E-state index in [0.29, 0.717) is 17.5 Å². The van der Waals surface area contributed by atoms with Crippen molar-refractivity contribution in [2.45, 2.75) is 91.9 Å². The molecule has 0 aliphatic rings. The predicted molar refractivity (Wildman–Crippen MR) is 140 cm³/mol. The van der Waals surface area contributed by atoms with E-state index in [4.69, 9.17) is 19.6 Å². The van der Waals surface area contributed by atoms with Gasteiger partial charge in [-0.05, 0) is 57.4 Å². The molecule has 196 valence electrons. The Kier molecular flexibility index (Phi) is 13.2. The van der Waals surface area contributed by atoms with E-state index in [2.05, 4.69) is 6.92 Å². The Morgan fingerprint density at radius 2 is 1.03 bits per heavy atom. The maximum Gasteiger partial charge on any atom is 0.373 e. The molecule has 36 heavy (non-hydrogen) atoms. The van der Waals surface area contributed by atoms with Crippen molar-refractivity contribution in [2.24, 2.45) is 0 Å². The first-order valence-corrected chi connectivity index (χ1v) is 12.9. The molecule has 0 saturated carbocycles. The van der Waals surface area contributed by atoms with Crippen LogP contribution >= 0.6 is 0 Å². The predicted octanol–water partition coefficient (Wildman–Crippen LogP) is 8.02. The van der Waals surface area contributed by atoms with Crippen molar-refractivity contribution in [1.82, 2.24) is 0 Å². The Morgan fingerprint density at radius 3 is 1.44 bits per heavy atom. The Balaban J connectivity index is 1.88. The molecule has 2 aromatic carbocycles. The molecule has 0 unspecified atom stereocenters. The van der Waals surface area contributed by atoms with Crippen LogP contribution in [0.4, 0.5) is 0 Å². The molecule has 0 bridgehead atoms. The molecule has 0 aromatic heterocycles. The molecule has 2 aromatic rings. The summed E-state index contributed by atoms with van der Waals surface area (Å²) in [4.78, 5) is 45.5. The summed E-state index contributed by atoms with van der Waals surface area (Å²) in [5.74, 6) is -1.28. The van der Waals surface area contributed by atoms with Crippen LogP contribution in [0.5, 0.6) is 0 Å². The smallest absolute Gasteiger partial charge is 0.289 e. The molecule has 2 rings (SSSR count). The fourth-order valence-corrected chi connectivity index (χ4v) is 3.95. The lowest BCUT2D eigenvalue weighted by Crippen LogP contribution is -2.17. The van der Waals surface area contributed by atoms with Crippen molar-refractivity contribution in [3.8, 4) is 0 Å². The van der Waals surface area contributed by atoms with Gasteiger partial charge in [0.2, 0.25) is 0 Å². The number of carbonyl (C=O) groups is 2. The number of carbonyl (C=O) groups excluding carboxylic acids is 2. The van der Waals surface area contributed by atoms with Crippen LogP contribution in [0.25, 0.3) is 0 Å². The van der Waals surface area contributed by atoms with Crippen LogP contribution < -0.4 is 0 Å². The molecule has 0 N–H and O–H groups in total. The summed E-state index contributed by atoms with van der Waals surface area (Å²) in [6.07, 6.45) is 10.1. The highest BCUT2D eigenvalue weighted by Gasteiger charge is 2.22. The van der Waals surface area contributed by atoms with Gasteiger partial charge in [0, 0.05) is 6.42 Å². The standard InChI is InChI=1S/C30H40O6/c1-6-7-8-9-10-11-12-13-14-15-28(33-35-29(31)26-18-16-22(2)20-24(26)4)34-36-30(32)27-19-17-23(3)21-25(27)5/h16-21H,1,6-15H2,2-5H3. The van der Waals surface area contributed by atoms with E-state index in [1.807, 2.05) is 52.0 Å². The van der Waals surface area contributed by atoms with E-state index < -0.39 is 11.9 Å². The molecular formula is C30H40O6. The van der Waals surface area contributed by atoms with Crippen LogP contribution in [0.1, 0.15) is 107 Å². The highest BCUT2D eigenvalue weighted by atomic mass is 17.3. The van der Waals surface area contributed by atoms with E-state index in [1.165, 1.54) is 25.7 Å². The molecule has 0 amide bonds. The fraction of sp³-hybridized carbons (Fsp3) is 0.467. The first-order valence-electron chi connectivity index (χ1n) is 12.9. The average Bonchev–Trinajstić information content (AvgIpc) is 2.83. The number of hydrogen-bond acceptors (Lipinski definition) is 6. The van der Waals surface area contributed by atoms with Gasteiger partial charge in [0.15, 0.2) is 0 Å². The van der Waals surface area contributed by atoms with E-state index in [0.717, 1.165) is 54.4 Å². The van der Waals surface area contributed by atoms with Crippen molar-refractivity contribution in [1.29, 1.82) is 0 Å². The first-order chi connectivity index (χ1) is 17.3. The maximum atomic E-state index is 12.5. The minimum Gasteiger partial charge on any atom is -0.289 e. The minimum absolute atomic E-state index is 0.0679. The van der Waals surface area contributed by atoms with Gasteiger partial charge in [-0.25, -0.2) is 9.59 Å². The van der Waals surface area contributed by atoms with Gasteiger partial charge < -0.3 is 0 Å². The monoisotopic (exact) mass is 496 g/mol. The summed E-state index contributed by atoms with van der Waals surface area (Å²) < 4.78 is 0. The number of benzene rings is 2. The van der Waals surface area contributed by atoms with E-state index in [-0.39, 0.29) is 6.29 Å². The van der Waals surface area contributed by atoms with Gasteiger partial charge in [-0.3, -0.25) is 9.78 Å². The van der Waals surface area contributed by atoms with Gasteiger partial charge in [0.25, 0.3) is 0 Å². The second-order valence-corrected chi connectivity index (χ2v) is 9.35. The summed E-state index contributed by atoms with van der Waals surface area (Å²) in [7, 11) is 0. The third kappa shape index (κ3) is 10.5. The van der Waals surface area contributed by atoms with Crippen molar-refractivity contribution >= 4 is 11.9 Å². The lowest BCUT2D eigenvalue weighted by molar-refractivity contribution is -0.364. The van der Waals surface area contributed by atoms with Crippen LogP contribution in [0.2, 0.25) is 0 Å². The lowest BCUT2D eigenvalue weighted by atomic mass is 10.1. The molecule has 0 atom stereocenters. The average molecular weight is 497 g/mol. The summed E-state index contributed by atoms with van der Waals surface area (Å²) in [6.45, 7) is 11.4. The SMILES string of the molecule is [CH2]CCCCCCCCCC[C](OOC(=O)c1ccc(C)cc1C)OOC(=O)c1ccc(C)cc1C. The molecule has 0 spiro atoms. The second kappa shape index (κ2) is 16.1. The summed E-state index contributed by atoms with van der Waals surface area (Å²) in [6, 6.07) is 10.8. The van der Waals surface area contributed by atoms with Gasteiger partial charge in [0.1, 0.15) is 0 Å². The third-order valence-electron chi connectivity index (χ3n) is 6.01. The fourth-order valence-electron chi connectivity index (χ4n) is 3.95. The van der Waals surface area contributed by atoms with Crippen LogP contribution in [0, 0.1) is 40.9 Å².